The van der Waals surface area contributed by atoms with E-state index in [0.29, 0.717) is 0 Å². The molecule has 3 rings (SSSR count). The van der Waals surface area contributed by atoms with E-state index in [1.807, 2.05) is 0 Å². The molecule has 3 fully saturated rings. The molecule has 6 nitrogen and oxygen atoms in total. The third-order valence-corrected chi connectivity index (χ3v) is 4.40. The molecule has 13 heavy (non-hydrogen) atoms. The van der Waals surface area contributed by atoms with Crippen molar-refractivity contribution in [3.63, 3.8) is 0 Å². The van der Waals surface area contributed by atoms with Gasteiger partial charge in [-0.25, -0.2) is 0 Å². The molecule has 0 unspecified atom stereocenters. The first-order chi connectivity index (χ1) is 6.13. The molecule has 0 atom stereocenters. The summed E-state index contributed by atoms with van der Waals surface area (Å²) in [6.45, 7) is 0.517. The molecule has 3 saturated heterocycles. The van der Waals surface area contributed by atoms with Crippen LogP contribution in [0.15, 0.2) is 0 Å². The maximum absolute atomic E-state index is 10.7. The summed E-state index contributed by atoms with van der Waals surface area (Å²) < 4.78 is 15.2. The predicted molar refractivity (Wildman–Crippen MR) is 43.7 cm³/mol. The molecule has 3 aliphatic rings. The van der Waals surface area contributed by atoms with Gasteiger partial charge in [0.25, 0.3) is 0 Å². The fourth-order valence-corrected chi connectivity index (χ4v) is 3.43. The van der Waals surface area contributed by atoms with Gasteiger partial charge in [0.05, 0.1) is 0 Å². The van der Waals surface area contributed by atoms with Crippen LogP contribution in [0, 0.1) is 5.41 Å². The Hall–Kier alpha value is -0.260. The van der Waals surface area contributed by atoms with Crippen molar-refractivity contribution in [2.75, 3.05) is 26.4 Å². The van der Waals surface area contributed by atoms with Crippen LogP contribution in [0.25, 0.3) is 0 Å². The van der Waals surface area contributed by atoms with Crippen LogP contribution in [0.2, 0.25) is 0 Å². The second-order valence-electron chi connectivity index (χ2n) is 3.39. The van der Waals surface area contributed by atoms with E-state index >= 15 is 0 Å². The zero-order valence-corrected chi connectivity index (χ0v) is 7.86. The minimum absolute atomic E-state index is 0.114. The number of aliphatic hydroxyl groups excluding tert-OH is 1. The van der Waals surface area contributed by atoms with E-state index in [-0.39, 0.29) is 26.4 Å². The van der Waals surface area contributed by atoms with Crippen LogP contribution in [0.3, 0.4) is 0 Å². The molecule has 0 spiro atoms. The van der Waals surface area contributed by atoms with Gasteiger partial charge in [0.15, 0.2) is 0 Å². The van der Waals surface area contributed by atoms with Crippen LogP contribution >= 0.6 is 7.94 Å². The predicted octanol–water partition coefficient (Wildman–Crippen LogP) is 0.215. The van der Waals surface area contributed by atoms with Crippen LogP contribution in [-0.2, 0) is 13.6 Å². The Morgan fingerprint density at radius 2 is 1.77 bits per heavy atom. The molecule has 2 N–H and O–H groups in total. The molecule has 0 radical (unpaired) electrons. The molecule has 0 aliphatic carbocycles. The van der Waals surface area contributed by atoms with Crippen molar-refractivity contribution < 1.29 is 28.6 Å². The van der Waals surface area contributed by atoms with Crippen molar-refractivity contribution in [2.45, 2.75) is 0 Å². The molecule has 0 aromatic rings. The third-order valence-electron chi connectivity index (χ3n) is 2.30. The van der Waals surface area contributed by atoms with Crippen molar-refractivity contribution in [3.05, 3.63) is 0 Å². The molecule has 7 heteroatoms. The van der Waals surface area contributed by atoms with E-state index in [1.165, 1.54) is 0 Å². The number of fused-ring (bicyclic) bond motifs is 3. The number of carboxylic acid groups (broad SMARTS) is 1. The zero-order chi connectivity index (χ0) is 9.53. The molecule has 0 aromatic heterocycles. The Balaban J connectivity index is 2.16. The monoisotopic (exact) mass is 210 g/mol. The number of hydrogen-bond donors (Lipinski definition) is 2. The number of carbonyl (C=O) groups is 1. The van der Waals surface area contributed by atoms with Crippen molar-refractivity contribution in [1.29, 1.82) is 0 Å². The van der Waals surface area contributed by atoms with Gasteiger partial charge in [0.2, 0.25) is 0 Å². The Bertz CT molecular complexity index is 217. The van der Waals surface area contributed by atoms with Gasteiger partial charge in [-0.3, -0.25) is 0 Å². The Morgan fingerprint density at radius 3 is 2.08 bits per heavy atom. The Labute approximate surface area is 75.0 Å². The summed E-state index contributed by atoms with van der Waals surface area (Å²) in [5.41, 5.74) is -1.71. The summed E-state index contributed by atoms with van der Waals surface area (Å²) in [7, 11) is -3.43. The van der Waals surface area contributed by atoms with Gasteiger partial charge in [0, 0.05) is 0 Å². The molecular weight excluding hydrogens is 199 g/mol. The summed E-state index contributed by atoms with van der Waals surface area (Å²) >= 11 is 0. The molecule has 0 amide bonds. The van der Waals surface area contributed by atoms with Gasteiger partial charge in [-0.05, 0) is 0 Å². The van der Waals surface area contributed by atoms with Crippen LogP contribution in [0.5, 0.6) is 0 Å². The Kier molecular flexibility index (Phi) is 2.05. The number of rotatable bonds is 2. The van der Waals surface area contributed by atoms with Crippen molar-refractivity contribution in [1.82, 2.24) is 0 Å². The average molecular weight is 210 g/mol. The van der Waals surface area contributed by atoms with Crippen molar-refractivity contribution in [2.24, 2.45) is 5.41 Å². The van der Waals surface area contributed by atoms with E-state index in [0.717, 1.165) is 0 Å². The van der Waals surface area contributed by atoms with Gasteiger partial charge in [0.1, 0.15) is 0 Å². The van der Waals surface area contributed by atoms with Crippen LogP contribution in [-0.4, -0.2) is 42.4 Å². The second kappa shape index (κ2) is 2.87. The summed E-state index contributed by atoms with van der Waals surface area (Å²) in [6, 6.07) is 0. The molecule has 2 bridgehead atoms. The summed E-state index contributed by atoms with van der Waals surface area (Å²) in [5, 5.41) is 17.8. The summed E-state index contributed by atoms with van der Waals surface area (Å²) in [6.07, 6.45) is 0. The van der Waals surface area contributed by atoms with Crippen molar-refractivity contribution >= 4 is 13.7 Å². The fraction of sp³-hybridized carbons (Fsp3) is 0.833. The molecular formula is C6H11O6P. The molecule has 0 saturated carbocycles. The normalized spacial score (nSPS) is 38.5. The van der Waals surface area contributed by atoms with E-state index in [4.69, 9.17) is 23.8 Å². The first-order valence-electron chi connectivity index (χ1n) is 3.89. The molecule has 3 aliphatic heterocycles. The first-order valence-corrected chi connectivity index (χ1v) is 5.61. The van der Waals surface area contributed by atoms with Crippen LogP contribution in [0.1, 0.15) is 0 Å². The van der Waals surface area contributed by atoms with Gasteiger partial charge in [-0.15, -0.1) is 0 Å². The molecule has 3 heterocycles. The quantitative estimate of drug-likeness (QED) is 0.634. The minimum atomic E-state index is -3.43. The van der Waals surface area contributed by atoms with Crippen LogP contribution in [0.4, 0.5) is 4.79 Å². The van der Waals surface area contributed by atoms with Gasteiger partial charge >= 0.3 is 74.1 Å². The Morgan fingerprint density at radius 1 is 1.31 bits per heavy atom. The summed E-state index contributed by atoms with van der Waals surface area (Å²) in [4.78, 5) is 10.7. The standard InChI is InChI=1S/C6H11O6P/c7-1-6-2-10-13(5(8)9,11-3-6)12-4-6/h7,13H,1-4H2,(H,8,9). The molecule has 0 aromatic carbocycles. The van der Waals surface area contributed by atoms with Gasteiger partial charge in [-0.1, -0.05) is 0 Å². The van der Waals surface area contributed by atoms with Gasteiger partial charge < -0.3 is 0 Å². The topological polar surface area (TPSA) is 85.2 Å². The van der Waals surface area contributed by atoms with Crippen LogP contribution < -0.4 is 0 Å². The molecule has 76 valence electrons. The third kappa shape index (κ3) is 1.26. The fourth-order valence-electron chi connectivity index (χ4n) is 1.32. The van der Waals surface area contributed by atoms with E-state index in [2.05, 4.69) is 0 Å². The van der Waals surface area contributed by atoms with E-state index in [9.17, 15) is 4.79 Å². The average Bonchev–Trinajstić information content (AvgIpc) is 2.20. The zero-order valence-electron chi connectivity index (χ0n) is 6.86. The second-order valence-corrected chi connectivity index (χ2v) is 5.79. The van der Waals surface area contributed by atoms with Crippen molar-refractivity contribution in [3.8, 4) is 0 Å². The van der Waals surface area contributed by atoms with E-state index < -0.39 is 19.1 Å². The number of hydrogen-bond acceptors (Lipinski definition) is 5. The van der Waals surface area contributed by atoms with E-state index in [1.54, 1.807) is 0 Å². The first kappa shape index (κ1) is 9.30. The SMILES string of the molecule is O=C(O)[PH]12OCC(CO)(CO1)CO2. The number of aliphatic hydroxyl groups is 1. The van der Waals surface area contributed by atoms with Gasteiger partial charge in [-0.2, -0.15) is 0 Å². The summed E-state index contributed by atoms with van der Waals surface area (Å²) in [5.74, 6) is 0. The maximum atomic E-state index is 10.7.